The van der Waals surface area contributed by atoms with E-state index in [1.54, 1.807) is 0 Å². The summed E-state index contributed by atoms with van der Waals surface area (Å²) in [5.74, 6) is 0.539. The highest BCUT2D eigenvalue weighted by atomic mass is 35.5. The van der Waals surface area contributed by atoms with Gasteiger partial charge in [0.2, 0.25) is 0 Å². The molecule has 0 bridgehead atoms. The fraction of sp³-hybridized carbons (Fsp3) is 0.650. The molecule has 25 heavy (non-hydrogen) atoms. The molecule has 0 spiro atoms. The van der Waals surface area contributed by atoms with E-state index < -0.39 is 0 Å². The third-order valence-electron chi connectivity index (χ3n) is 4.93. The summed E-state index contributed by atoms with van der Waals surface area (Å²) in [6.07, 6.45) is 7.27. The van der Waals surface area contributed by atoms with E-state index in [0.717, 1.165) is 13.0 Å². The Labute approximate surface area is 158 Å². The minimum absolute atomic E-state index is 0. The molecule has 0 heterocycles. The first kappa shape index (κ1) is 21.9. The molecular weight excluding hydrogens is 336 g/mol. The zero-order chi connectivity index (χ0) is 17.2. The highest BCUT2D eigenvalue weighted by Gasteiger charge is 2.30. The van der Waals surface area contributed by atoms with E-state index in [1.165, 1.54) is 37.7 Å². The molecule has 1 aliphatic rings. The number of nitrogens with two attached hydrogens (primary N) is 1. The van der Waals surface area contributed by atoms with Crippen LogP contribution in [-0.2, 0) is 16.1 Å². The minimum atomic E-state index is -0.184. The average molecular weight is 369 g/mol. The molecule has 4 nitrogen and oxygen atoms in total. The van der Waals surface area contributed by atoms with Gasteiger partial charge in [-0.25, -0.2) is 0 Å². The fourth-order valence-corrected chi connectivity index (χ4v) is 3.70. The van der Waals surface area contributed by atoms with Crippen molar-refractivity contribution in [1.82, 2.24) is 4.90 Å². The maximum Gasteiger partial charge on any atom is 0.323 e. The molecule has 1 fully saturated rings. The molecule has 0 amide bonds. The van der Waals surface area contributed by atoms with Crippen molar-refractivity contribution in [3.63, 3.8) is 0 Å². The number of rotatable bonds is 9. The van der Waals surface area contributed by atoms with Gasteiger partial charge in [-0.05, 0) is 24.8 Å². The van der Waals surface area contributed by atoms with E-state index in [1.807, 2.05) is 25.1 Å². The van der Waals surface area contributed by atoms with Crippen LogP contribution in [0.25, 0.3) is 0 Å². The highest BCUT2D eigenvalue weighted by molar-refractivity contribution is 5.85. The molecule has 1 aromatic rings. The Morgan fingerprint density at radius 1 is 1.24 bits per heavy atom. The Morgan fingerprint density at radius 2 is 1.92 bits per heavy atom. The SMILES string of the molecule is CCOC(=O)C(CC1CCCCC1)N(CCN)Cc1ccccc1.Cl. The molecule has 1 aromatic carbocycles. The predicted octanol–water partition coefficient (Wildman–Crippen LogP) is 3.77. The van der Waals surface area contributed by atoms with Crippen LogP contribution in [0.15, 0.2) is 30.3 Å². The van der Waals surface area contributed by atoms with Gasteiger partial charge < -0.3 is 10.5 Å². The molecule has 1 atom stereocenters. The van der Waals surface area contributed by atoms with Crippen LogP contribution in [-0.4, -0.2) is 36.6 Å². The van der Waals surface area contributed by atoms with E-state index in [-0.39, 0.29) is 24.4 Å². The second-order valence-corrected chi connectivity index (χ2v) is 6.75. The molecule has 2 rings (SSSR count). The molecule has 0 aromatic heterocycles. The van der Waals surface area contributed by atoms with Crippen molar-refractivity contribution in [2.24, 2.45) is 11.7 Å². The minimum Gasteiger partial charge on any atom is -0.465 e. The summed E-state index contributed by atoms with van der Waals surface area (Å²) in [4.78, 5) is 14.8. The van der Waals surface area contributed by atoms with Gasteiger partial charge in [-0.3, -0.25) is 9.69 Å². The molecular formula is C20H33ClN2O2. The maximum atomic E-state index is 12.6. The van der Waals surface area contributed by atoms with Crippen LogP contribution in [0, 0.1) is 5.92 Å². The number of hydrogen-bond donors (Lipinski definition) is 1. The number of ether oxygens (including phenoxy) is 1. The van der Waals surface area contributed by atoms with Crippen molar-refractivity contribution in [3.05, 3.63) is 35.9 Å². The smallest absolute Gasteiger partial charge is 0.323 e. The summed E-state index contributed by atoms with van der Waals surface area (Å²) in [7, 11) is 0. The summed E-state index contributed by atoms with van der Waals surface area (Å²) in [6, 6.07) is 10.1. The molecule has 142 valence electrons. The Bertz CT molecular complexity index is 478. The quantitative estimate of drug-likeness (QED) is 0.674. The standard InChI is InChI=1S/C20H32N2O2.ClH/c1-2-24-20(23)19(15-17-9-5-3-6-10-17)22(14-13-21)16-18-11-7-4-8-12-18;/h4,7-8,11-12,17,19H,2-3,5-6,9-10,13-16,21H2,1H3;1H. The first-order valence-electron chi connectivity index (χ1n) is 9.39. The highest BCUT2D eigenvalue weighted by Crippen LogP contribution is 2.29. The first-order chi connectivity index (χ1) is 11.7. The van der Waals surface area contributed by atoms with Gasteiger partial charge in [0.05, 0.1) is 6.61 Å². The Kier molecular flexibility index (Phi) is 10.8. The number of hydrogen-bond acceptors (Lipinski definition) is 4. The van der Waals surface area contributed by atoms with Gasteiger partial charge in [-0.2, -0.15) is 0 Å². The van der Waals surface area contributed by atoms with E-state index in [0.29, 0.717) is 25.6 Å². The first-order valence-corrected chi connectivity index (χ1v) is 9.39. The summed E-state index contributed by atoms with van der Waals surface area (Å²) >= 11 is 0. The third-order valence-corrected chi connectivity index (χ3v) is 4.93. The topological polar surface area (TPSA) is 55.6 Å². The molecule has 0 aliphatic heterocycles. The van der Waals surface area contributed by atoms with Crippen molar-refractivity contribution in [2.75, 3.05) is 19.7 Å². The largest absolute Gasteiger partial charge is 0.465 e. The average Bonchev–Trinajstić information content (AvgIpc) is 2.61. The number of benzene rings is 1. The third kappa shape index (κ3) is 7.35. The lowest BCUT2D eigenvalue weighted by atomic mass is 9.84. The van der Waals surface area contributed by atoms with Crippen molar-refractivity contribution in [2.45, 2.75) is 58.0 Å². The van der Waals surface area contributed by atoms with Gasteiger partial charge in [-0.15, -0.1) is 12.4 Å². The molecule has 1 aliphatic carbocycles. The second-order valence-electron chi connectivity index (χ2n) is 6.75. The number of nitrogens with zero attached hydrogens (tertiary/aromatic N) is 1. The lowest BCUT2D eigenvalue weighted by Gasteiger charge is -2.33. The normalized spacial score (nSPS) is 16.3. The van der Waals surface area contributed by atoms with Crippen molar-refractivity contribution in [3.8, 4) is 0 Å². The van der Waals surface area contributed by atoms with Gasteiger partial charge in [-0.1, -0.05) is 62.4 Å². The number of carbonyl (C=O) groups excluding carboxylic acids is 1. The van der Waals surface area contributed by atoms with E-state index >= 15 is 0 Å². The molecule has 1 unspecified atom stereocenters. The monoisotopic (exact) mass is 368 g/mol. The number of esters is 1. The lowest BCUT2D eigenvalue weighted by molar-refractivity contribution is -0.150. The summed E-state index contributed by atoms with van der Waals surface area (Å²) in [5.41, 5.74) is 7.05. The number of carbonyl (C=O) groups is 1. The van der Waals surface area contributed by atoms with Crippen molar-refractivity contribution < 1.29 is 9.53 Å². The lowest BCUT2D eigenvalue weighted by Crippen LogP contribution is -2.45. The molecule has 0 saturated heterocycles. The number of halogens is 1. The van der Waals surface area contributed by atoms with E-state index in [9.17, 15) is 4.79 Å². The van der Waals surface area contributed by atoms with Gasteiger partial charge in [0.1, 0.15) is 6.04 Å². The van der Waals surface area contributed by atoms with Crippen molar-refractivity contribution in [1.29, 1.82) is 0 Å². The van der Waals surface area contributed by atoms with Crippen LogP contribution in [0.3, 0.4) is 0 Å². The van der Waals surface area contributed by atoms with Crippen LogP contribution < -0.4 is 5.73 Å². The molecule has 0 radical (unpaired) electrons. The van der Waals surface area contributed by atoms with E-state index in [4.69, 9.17) is 10.5 Å². The Morgan fingerprint density at radius 3 is 2.52 bits per heavy atom. The zero-order valence-corrected chi connectivity index (χ0v) is 16.2. The predicted molar refractivity (Wildman–Crippen MR) is 105 cm³/mol. The summed E-state index contributed by atoms with van der Waals surface area (Å²) in [6.45, 7) is 4.31. The Hall–Kier alpha value is -1.10. The van der Waals surface area contributed by atoms with Gasteiger partial charge >= 0.3 is 5.97 Å². The summed E-state index contributed by atoms with van der Waals surface area (Å²) < 4.78 is 5.39. The second kappa shape index (κ2) is 12.3. The van der Waals surface area contributed by atoms with Crippen molar-refractivity contribution >= 4 is 18.4 Å². The fourth-order valence-electron chi connectivity index (χ4n) is 3.70. The van der Waals surface area contributed by atoms with Crippen LogP contribution in [0.5, 0.6) is 0 Å². The molecule has 1 saturated carbocycles. The van der Waals surface area contributed by atoms with Crippen LogP contribution in [0.2, 0.25) is 0 Å². The molecule has 5 heteroatoms. The van der Waals surface area contributed by atoms with Gasteiger partial charge in [0, 0.05) is 19.6 Å². The van der Waals surface area contributed by atoms with E-state index in [2.05, 4.69) is 17.0 Å². The zero-order valence-electron chi connectivity index (χ0n) is 15.4. The van der Waals surface area contributed by atoms with Crippen LogP contribution in [0.1, 0.15) is 51.0 Å². The maximum absolute atomic E-state index is 12.6. The Balaban J connectivity index is 0.00000312. The van der Waals surface area contributed by atoms with Crippen LogP contribution >= 0.6 is 12.4 Å². The molecule has 2 N–H and O–H groups in total. The van der Waals surface area contributed by atoms with Gasteiger partial charge in [0.25, 0.3) is 0 Å². The van der Waals surface area contributed by atoms with Gasteiger partial charge in [0.15, 0.2) is 0 Å². The summed E-state index contributed by atoms with van der Waals surface area (Å²) in [5, 5.41) is 0. The van der Waals surface area contributed by atoms with Crippen LogP contribution in [0.4, 0.5) is 0 Å².